The standard InChI is InChI=1S/C17H26BrN3O2/c1-17(2,3)23-16(22)19-9-6-13-7-10-21(11-8-13)15-5-4-14(18)12-20-15/h4-5,12-13H,6-11H2,1-3H3,(H,19,22). The van der Waals surface area contributed by atoms with Crippen molar-refractivity contribution < 1.29 is 9.53 Å². The minimum absolute atomic E-state index is 0.325. The summed E-state index contributed by atoms with van der Waals surface area (Å²) >= 11 is 3.41. The molecule has 1 aliphatic heterocycles. The first-order valence-electron chi connectivity index (χ1n) is 8.17. The van der Waals surface area contributed by atoms with E-state index in [1.165, 1.54) is 0 Å². The van der Waals surface area contributed by atoms with E-state index in [9.17, 15) is 4.79 Å². The number of carbonyl (C=O) groups is 1. The largest absolute Gasteiger partial charge is 0.444 e. The van der Waals surface area contributed by atoms with Crippen LogP contribution in [0.15, 0.2) is 22.8 Å². The molecule has 1 N–H and O–H groups in total. The number of hydrogen-bond acceptors (Lipinski definition) is 4. The van der Waals surface area contributed by atoms with E-state index in [0.29, 0.717) is 12.5 Å². The number of alkyl carbamates (subject to hydrolysis) is 1. The fourth-order valence-corrected chi connectivity index (χ4v) is 2.93. The molecule has 1 aromatic heterocycles. The number of pyridine rings is 1. The minimum atomic E-state index is -0.437. The fourth-order valence-electron chi connectivity index (χ4n) is 2.70. The second kappa shape index (κ2) is 7.99. The molecule has 1 saturated heterocycles. The Kier molecular flexibility index (Phi) is 6.27. The zero-order valence-electron chi connectivity index (χ0n) is 14.1. The molecular formula is C17H26BrN3O2. The molecule has 0 atom stereocenters. The van der Waals surface area contributed by atoms with Gasteiger partial charge in [0, 0.05) is 30.3 Å². The average Bonchev–Trinajstić information content (AvgIpc) is 2.47. The van der Waals surface area contributed by atoms with E-state index in [0.717, 1.165) is 42.6 Å². The number of amides is 1. The van der Waals surface area contributed by atoms with E-state index < -0.39 is 5.60 Å². The predicted molar refractivity (Wildman–Crippen MR) is 95.7 cm³/mol. The van der Waals surface area contributed by atoms with Crippen LogP contribution in [0.3, 0.4) is 0 Å². The molecule has 128 valence electrons. The summed E-state index contributed by atoms with van der Waals surface area (Å²) < 4.78 is 6.25. The molecular weight excluding hydrogens is 358 g/mol. The summed E-state index contributed by atoms with van der Waals surface area (Å²) in [4.78, 5) is 18.4. The van der Waals surface area contributed by atoms with Gasteiger partial charge in [0.2, 0.25) is 0 Å². The highest BCUT2D eigenvalue weighted by atomic mass is 79.9. The zero-order valence-corrected chi connectivity index (χ0v) is 15.7. The monoisotopic (exact) mass is 383 g/mol. The molecule has 0 unspecified atom stereocenters. The van der Waals surface area contributed by atoms with E-state index in [4.69, 9.17) is 4.74 Å². The molecule has 0 aliphatic carbocycles. The second-order valence-electron chi connectivity index (χ2n) is 6.98. The van der Waals surface area contributed by atoms with Gasteiger partial charge in [0.25, 0.3) is 0 Å². The summed E-state index contributed by atoms with van der Waals surface area (Å²) in [7, 11) is 0. The van der Waals surface area contributed by atoms with Crippen molar-refractivity contribution in [1.82, 2.24) is 10.3 Å². The van der Waals surface area contributed by atoms with Crippen molar-refractivity contribution in [3.05, 3.63) is 22.8 Å². The van der Waals surface area contributed by atoms with Gasteiger partial charge in [-0.15, -0.1) is 0 Å². The lowest BCUT2D eigenvalue weighted by Gasteiger charge is -2.32. The highest BCUT2D eigenvalue weighted by Gasteiger charge is 2.21. The molecule has 0 spiro atoms. The Hall–Kier alpha value is -1.30. The average molecular weight is 384 g/mol. The van der Waals surface area contributed by atoms with Gasteiger partial charge in [-0.25, -0.2) is 9.78 Å². The van der Waals surface area contributed by atoms with Crippen LogP contribution in [-0.4, -0.2) is 36.3 Å². The Morgan fingerprint density at radius 2 is 2.09 bits per heavy atom. The first-order valence-corrected chi connectivity index (χ1v) is 8.96. The van der Waals surface area contributed by atoms with E-state index >= 15 is 0 Å². The van der Waals surface area contributed by atoms with Crippen LogP contribution in [0.5, 0.6) is 0 Å². The smallest absolute Gasteiger partial charge is 0.407 e. The van der Waals surface area contributed by atoms with Gasteiger partial charge >= 0.3 is 6.09 Å². The number of piperidine rings is 1. The van der Waals surface area contributed by atoms with Crippen molar-refractivity contribution in [2.45, 2.75) is 45.6 Å². The van der Waals surface area contributed by atoms with Gasteiger partial charge in [-0.05, 0) is 74.0 Å². The molecule has 0 bridgehead atoms. The number of ether oxygens (including phenoxy) is 1. The van der Waals surface area contributed by atoms with Gasteiger partial charge in [-0.2, -0.15) is 0 Å². The lowest BCUT2D eigenvalue weighted by molar-refractivity contribution is 0.0524. The van der Waals surface area contributed by atoms with Crippen molar-refractivity contribution >= 4 is 27.8 Å². The number of nitrogens with zero attached hydrogens (tertiary/aromatic N) is 2. The Morgan fingerprint density at radius 3 is 2.65 bits per heavy atom. The summed E-state index contributed by atoms with van der Waals surface area (Å²) in [5, 5.41) is 2.84. The summed E-state index contributed by atoms with van der Waals surface area (Å²) in [5.74, 6) is 1.69. The van der Waals surface area contributed by atoms with Crippen LogP contribution in [0.25, 0.3) is 0 Å². The molecule has 5 nitrogen and oxygen atoms in total. The molecule has 23 heavy (non-hydrogen) atoms. The normalized spacial score (nSPS) is 16.3. The summed E-state index contributed by atoms with van der Waals surface area (Å²) in [6.07, 6.45) is 4.78. The first kappa shape index (κ1) is 18.0. The highest BCUT2D eigenvalue weighted by Crippen LogP contribution is 2.24. The molecule has 1 aliphatic rings. The van der Waals surface area contributed by atoms with Crippen LogP contribution < -0.4 is 10.2 Å². The second-order valence-corrected chi connectivity index (χ2v) is 7.90. The maximum absolute atomic E-state index is 11.6. The lowest BCUT2D eigenvalue weighted by atomic mass is 9.93. The number of hydrogen-bond donors (Lipinski definition) is 1. The molecule has 2 heterocycles. The van der Waals surface area contributed by atoms with Crippen molar-refractivity contribution in [2.75, 3.05) is 24.5 Å². The Labute approximate surface area is 146 Å². The zero-order chi connectivity index (χ0) is 16.9. The van der Waals surface area contributed by atoms with E-state index in [1.54, 1.807) is 0 Å². The third-order valence-corrected chi connectivity index (χ3v) is 4.34. The molecule has 1 fully saturated rings. The van der Waals surface area contributed by atoms with E-state index in [1.807, 2.05) is 33.0 Å². The highest BCUT2D eigenvalue weighted by molar-refractivity contribution is 9.10. The third-order valence-electron chi connectivity index (χ3n) is 3.87. The Bertz CT molecular complexity index is 506. The van der Waals surface area contributed by atoms with Gasteiger partial charge in [0.05, 0.1) is 0 Å². The van der Waals surface area contributed by atoms with Gasteiger partial charge in [0.1, 0.15) is 11.4 Å². The van der Waals surface area contributed by atoms with Crippen LogP contribution in [0, 0.1) is 5.92 Å². The SMILES string of the molecule is CC(C)(C)OC(=O)NCCC1CCN(c2ccc(Br)cn2)CC1. The van der Waals surface area contributed by atoms with Crippen molar-refractivity contribution in [2.24, 2.45) is 5.92 Å². The Morgan fingerprint density at radius 1 is 1.39 bits per heavy atom. The summed E-state index contributed by atoms with van der Waals surface area (Å²) in [6.45, 7) is 8.34. The minimum Gasteiger partial charge on any atom is -0.444 e. The Balaban J connectivity index is 1.67. The molecule has 0 radical (unpaired) electrons. The molecule has 1 amide bonds. The fraction of sp³-hybridized carbons (Fsp3) is 0.647. The maximum Gasteiger partial charge on any atom is 0.407 e. The number of halogens is 1. The number of aromatic nitrogens is 1. The first-order chi connectivity index (χ1) is 10.8. The molecule has 1 aromatic rings. The molecule has 2 rings (SSSR count). The van der Waals surface area contributed by atoms with Gasteiger partial charge in [0.15, 0.2) is 0 Å². The van der Waals surface area contributed by atoms with Crippen LogP contribution >= 0.6 is 15.9 Å². The quantitative estimate of drug-likeness (QED) is 0.854. The summed E-state index contributed by atoms with van der Waals surface area (Å²) in [6, 6.07) is 4.08. The van der Waals surface area contributed by atoms with Crippen molar-refractivity contribution in [1.29, 1.82) is 0 Å². The van der Waals surface area contributed by atoms with Crippen LogP contribution in [0.1, 0.15) is 40.0 Å². The number of carbonyl (C=O) groups excluding carboxylic acids is 1. The molecule has 0 aromatic carbocycles. The van der Waals surface area contributed by atoms with Crippen LogP contribution in [0.4, 0.5) is 10.6 Å². The number of rotatable bonds is 4. The molecule has 6 heteroatoms. The molecule has 0 saturated carbocycles. The topological polar surface area (TPSA) is 54.5 Å². The number of nitrogens with one attached hydrogen (secondary N) is 1. The van der Waals surface area contributed by atoms with Gasteiger partial charge in [-0.1, -0.05) is 0 Å². The van der Waals surface area contributed by atoms with Crippen LogP contribution in [-0.2, 0) is 4.74 Å². The summed E-state index contributed by atoms with van der Waals surface area (Å²) in [5.41, 5.74) is -0.437. The van der Waals surface area contributed by atoms with E-state index in [2.05, 4.69) is 37.2 Å². The third kappa shape index (κ3) is 6.37. The number of anilines is 1. The predicted octanol–water partition coefficient (Wildman–Crippen LogP) is 3.98. The maximum atomic E-state index is 11.6. The van der Waals surface area contributed by atoms with Gasteiger partial charge < -0.3 is 15.0 Å². The van der Waals surface area contributed by atoms with Gasteiger partial charge in [-0.3, -0.25) is 0 Å². The van der Waals surface area contributed by atoms with Crippen LogP contribution in [0.2, 0.25) is 0 Å². The van der Waals surface area contributed by atoms with E-state index in [-0.39, 0.29) is 6.09 Å². The van der Waals surface area contributed by atoms with Crippen molar-refractivity contribution in [3.8, 4) is 0 Å². The van der Waals surface area contributed by atoms with Crippen molar-refractivity contribution in [3.63, 3.8) is 0 Å². The lowest BCUT2D eigenvalue weighted by Crippen LogP contribution is -2.36.